The topological polar surface area (TPSA) is 140 Å². The van der Waals surface area contributed by atoms with Crippen LogP contribution in [0.25, 0.3) is 0 Å². The summed E-state index contributed by atoms with van der Waals surface area (Å²) in [5.41, 5.74) is -0.755. The lowest BCUT2D eigenvalue weighted by atomic mass is 9.43. The predicted molar refractivity (Wildman–Crippen MR) is 127 cm³/mol. The second-order valence-electron chi connectivity index (χ2n) is 13.0. The molecule has 0 aromatic heterocycles. The van der Waals surface area contributed by atoms with E-state index in [-0.39, 0.29) is 41.5 Å². The van der Waals surface area contributed by atoms with E-state index in [1.807, 2.05) is 6.92 Å². The molecule has 1 saturated heterocycles. The molecule has 14 atom stereocenters. The highest BCUT2D eigenvalue weighted by molar-refractivity contribution is 5.17. The van der Waals surface area contributed by atoms with Gasteiger partial charge in [0.25, 0.3) is 0 Å². The van der Waals surface area contributed by atoms with Gasteiger partial charge in [-0.1, -0.05) is 13.8 Å². The molecule has 1 heterocycles. The number of rotatable bonds is 4. The Bertz CT molecular complexity index is 778. The first-order chi connectivity index (χ1) is 16.4. The van der Waals surface area contributed by atoms with Gasteiger partial charge in [-0.25, -0.2) is 0 Å². The largest absolute Gasteiger partial charge is 0.393 e. The quantitative estimate of drug-likeness (QED) is 0.341. The fraction of sp³-hybridized carbons (Fsp3) is 1.00. The van der Waals surface area contributed by atoms with Crippen LogP contribution in [-0.2, 0) is 9.47 Å². The van der Waals surface area contributed by atoms with Crippen molar-refractivity contribution in [1.82, 2.24) is 0 Å². The third kappa shape index (κ3) is 3.94. The molecular weight excluding hydrogens is 452 g/mol. The fourth-order valence-corrected chi connectivity index (χ4v) is 9.45. The van der Waals surface area contributed by atoms with Crippen LogP contribution in [0, 0.1) is 34.5 Å². The summed E-state index contributed by atoms with van der Waals surface area (Å²) in [5.74, 6) is 1.42. The van der Waals surface area contributed by atoms with Crippen molar-refractivity contribution in [2.24, 2.45) is 34.5 Å². The van der Waals surface area contributed by atoms with Gasteiger partial charge in [-0.05, 0) is 93.8 Å². The number of aliphatic hydroxyl groups is 6. The van der Waals surface area contributed by atoms with E-state index in [4.69, 9.17) is 9.47 Å². The number of aliphatic hydroxyl groups excluding tert-OH is 5. The Morgan fingerprint density at radius 3 is 2.34 bits per heavy atom. The summed E-state index contributed by atoms with van der Waals surface area (Å²) < 4.78 is 11.4. The Hall–Kier alpha value is -0.320. The van der Waals surface area contributed by atoms with E-state index in [9.17, 15) is 30.6 Å². The maximum absolute atomic E-state index is 12.1. The van der Waals surface area contributed by atoms with E-state index in [0.29, 0.717) is 11.8 Å². The number of hydrogen-bond donors (Lipinski definition) is 6. The number of hydrogen-bond acceptors (Lipinski definition) is 8. The van der Waals surface area contributed by atoms with Crippen molar-refractivity contribution >= 4 is 0 Å². The molecule has 8 nitrogen and oxygen atoms in total. The molecule has 35 heavy (non-hydrogen) atoms. The van der Waals surface area contributed by atoms with Gasteiger partial charge in [-0.3, -0.25) is 0 Å². The Morgan fingerprint density at radius 2 is 1.63 bits per heavy atom. The molecule has 5 rings (SSSR count). The van der Waals surface area contributed by atoms with Gasteiger partial charge in [-0.2, -0.15) is 0 Å². The van der Waals surface area contributed by atoms with Crippen molar-refractivity contribution in [3.05, 3.63) is 0 Å². The molecule has 8 heteroatoms. The highest BCUT2D eigenvalue weighted by Crippen LogP contribution is 2.69. The third-order valence-electron chi connectivity index (χ3n) is 11.6. The van der Waals surface area contributed by atoms with Gasteiger partial charge in [-0.15, -0.1) is 0 Å². The maximum atomic E-state index is 12.1. The Balaban J connectivity index is 1.23. The minimum atomic E-state index is -1.54. The summed E-state index contributed by atoms with van der Waals surface area (Å²) in [6.45, 7) is 6.58. The molecule has 4 aliphatic carbocycles. The van der Waals surface area contributed by atoms with Crippen LogP contribution in [0.5, 0.6) is 0 Å². The first kappa shape index (κ1) is 26.3. The highest BCUT2D eigenvalue weighted by atomic mass is 16.6. The molecule has 1 aliphatic heterocycles. The van der Waals surface area contributed by atoms with E-state index in [1.165, 1.54) is 0 Å². The number of fused-ring (bicyclic) bond motifs is 5. The van der Waals surface area contributed by atoms with Crippen molar-refractivity contribution in [2.75, 3.05) is 6.61 Å². The summed E-state index contributed by atoms with van der Waals surface area (Å²) in [6, 6.07) is 0. The second-order valence-corrected chi connectivity index (χ2v) is 13.0. The Kier molecular flexibility index (Phi) is 6.88. The summed E-state index contributed by atoms with van der Waals surface area (Å²) in [4.78, 5) is 0. The first-order valence-electron chi connectivity index (χ1n) is 13.8. The van der Waals surface area contributed by atoms with Crippen LogP contribution >= 0.6 is 0 Å². The Labute approximate surface area is 208 Å². The highest BCUT2D eigenvalue weighted by Gasteiger charge is 2.67. The molecule has 5 aliphatic rings. The van der Waals surface area contributed by atoms with Gasteiger partial charge in [0.1, 0.15) is 24.4 Å². The van der Waals surface area contributed by atoms with Gasteiger partial charge >= 0.3 is 0 Å². The number of ether oxygens (including phenoxy) is 2. The Morgan fingerprint density at radius 1 is 0.886 bits per heavy atom. The summed E-state index contributed by atoms with van der Waals surface area (Å²) in [6.07, 6.45) is 1.55. The molecule has 5 fully saturated rings. The lowest BCUT2D eigenvalue weighted by molar-refractivity contribution is -0.291. The summed E-state index contributed by atoms with van der Waals surface area (Å²) >= 11 is 0. The summed E-state index contributed by atoms with van der Waals surface area (Å²) in [5, 5.41) is 62.2. The molecule has 0 amide bonds. The van der Waals surface area contributed by atoms with E-state index >= 15 is 0 Å². The van der Waals surface area contributed by atoms with Gasteiger partial charge in [0.15, 0.2) is 6.29 Å². The van der Waals surface area contributed by atoms with Crippen LogP contribution in [-0.4, -0.2) is 85.8 Å². The van der Waals surface area contributed by atoms with Gasteiger partial charge in [0, 0.05) is 5.41 Å². The lowest BCUT2D eigenvalue weighted by Crippen LogP contribution is -2.63. The van der Waals surface area contributed by atoms with Gasteiger partial charge in [0.2, 0.25) is 0 Å². The zero-order valence-corrected chi connectivity index (χ0v) is 21.4. The molecule has 0 bridgehead atoms. The molecule has 0 radical (unpaired) electrons. The van der Waals surface area contributed by atoms with Crippen LogP contribution in [0.3, 0.4) is 0 Å². The van der Waals surface area contributed by atoms with Crippen molar-refractivity contribution in [2.45, 2.75) is 127 Å². The van der Waals surface area contributed by atoms with Crippen LogP contribution in [0.1, 0.15) is 78.6 Å². The standard InChI is InChI=1S/C27H46O8/c1-14(28)17-8-11-27(33)19-5-4-15-12-16(6-9-25(15,2)18(19)7-10-26(17,27)3)34-13-20-21(29)22(30)23(31)24(32)35-20/h14-24,28-33H,4-13H2,1-3H3/t14?,15?,16-,17?,18?,19?,20-,21+,22-,23-,24-,25?,26?,27?/m1/s1. The van der Waals surface area contributed by atoms with Crippen molar-refractivity contribution in [3.8, 4) is 0 Å². The zero-order valence-electron chi connectivity index (χ0n) is 21.4. The normalized spacial score (nSPS) is 57.2. The average Bonchev–Trinajstić information content (AvgIpc) is 3.10. The van der Waals surface area contributed by atoms with Gasteiger partial charge < -0.3 is 40.1 Å². The fourth-order valence-electron chi connectivity index (χ4n) is 9.45. The summed E-state index contributed by atoms with van der Waals surface area (Å²) in [7, 11) is 0. The van der Waals surface area contributed by atoms with Crippen molar-refractivity contribution < 1.29 is 40.1 Å². The molecule has 0 aromatic rings. The van der Waals surface area contributed by atoms with Crippen LogP contribution in [0.15, 0.2) is 0 Å². The van der Waals surface area contributed by atoms with E-state index < -0.39 is 36.3 Å². The maximum Gasteiger partial charge on any atom is 0.184 e. The van der Waals surface area contributed by atoms with Crippen molar-refractivity contribution in [3.63, 3.8) is 0 Å². The molecule has 0 aromatic carbocycles. The molecule has 4 saturated carbocycles. The third-order valence-corrected chi connectivity index (χ3v) is 11.6. The second kappa shape index (κ2) is 9.16. The monoisotopic (exact) mass is 498 g/mol. The van der Waals surface area contributed by atoms with Crippen LogP contribution in [0.2, 0.25) is 0 Å². The predicted octanol–water partition coefficient (Wildman–Crippen LogP) is 1.33. The smallest absolute Gasteiger partial charge is 0.184 e. The SMILES string of the molecule is CC(O)C1CCC2(O)C3CCC4C[C@H](OC[C@H]5O[C@@H](O)[C@H](O)[C@H](O)[C@H]5O)CCC4(C)C3CCC12C. The van der Waals surface area contributed by atoms with E-state index in [2.05, 4.69) is 13.8 Å². The van der Waals surface area contributed by atoms with E-state index in [1.54, 1.807) is 0 Å². The molecule has 202 valence electrons. The lowest BCUT2D eigenvalue weighted by Gasteiger charge is -2.64. The van der Waals surface area contributed by atoms with E-state index in [0.717, 1.165) is 57.8 Å². The van der Waals surface area contributed by atoms with Crippen LogP contribution < -0.4 is 0 Å². The molecule has 6 N–H and O–H groups in total. The average molecular weight is 499 g/mol. The van der Waals surface area contributed by atoms with Crippen LogP contribution in [0.4, 0.5) is 0 Å². The zero-order chi connectivity index (χ0) is 25.3. The minimum Gasteiger partial charge on any atom is -0.393 e. The first-order valence-corrected chi connectivity index (χ1v) is 13.8. The minimum absolute atomic E-state index is 0.0182. The van der Waals surface area contributed by atoms with Gasteiger partial charge in [0.05, 0.1) is 24.4 Å². The molecule has 8 unspecified atom stereocenters. The molecular formula is C27H46O8. The molecule has 0 spiro atoms. The van der Waals surface area contributed by atoms with Crippen molar-refractivity contribution in [1.29, 1.82) is 0 Å².